The lowest BCUT2D eigenvalue weighted by Gasteiger charge is -1.97. The summed E-state index contributed by atoms with van der Waals surface area (Å²) in [6.45, 7) is 3.46. The van der Waals surface area contributed by atoms with Crippen LogP contribution in [-0.2, 0) is 9.59 Å². The number of carboxylic acid groups (broad SMARTS) is 1. The molecular formula is C7H8ClNO3. The topological polar surface area (TPSA) is 66.4 Å². The Kier molecular flexibility index (Phi) is 4.79. The third-order valence-electron chi connectivity index (χ3n) is 0.832. The fraction of sp³-hybridized carbons (Fsp3) is 0.143. The van der Waals surface area contributed by atoms with Crippen molar-refractivity contribution in [2.45, 2.75) is 0 Å². The summed E-state index contributed by atoms with van der Waals surface area (Å²) in [5, 5.41) is 10.7. The van der Waals surface area contributed by atoms with E-state index in [0.717, 1.165) is 12.2 Å². The van der Waals surface area contributed by atoms with Gasteiger partial charge in [0.1, 0.15) is 0 Å². The van der Waals surface area contributed by atoms with Crippen molar-refractivity contribution in [3.8, 4) is 0 Å². The van der Waals surface area contributed by atoms with Crippen LogP contribution in [0.1, 0.15) is 0 Å². The van der Waals surface area contributed by atoms with E-state index >= 15 is 0 Å². The van der Waals surface area contributed by atoms with Crippen LogP contribution in [0.4, 0.5) is 0 Å². The average molecular weight is 190 g/mol. The number of rotatable bonds is 4. The summed E-state index contributed by atoms with van der Waals surface area (Å²) >= 11 is 5.33. The Labute approximate surface area is 74.5 Å². The SMILES string of the molecule is C=C(Cl)CNC(=O)/C=C/C(=O)O. The second-order valence-electron chi connectivity index (χ2n) is 1.91. The first kappa shape index (κ1) is 10.7. The van der Waals surface area contributed by atoms with Crippen molar-refractivity contribution in [2.24, 2.45) is 0 Å². The molecule has 66 valence electrons. The van der Waals surface area contributed by atoms with E-state index in [-0.39, 0.29) is 11.6 Å². The molecule has 0 saturated carbocycles. The highest BCUT2D eigenvalue weighted by atomic mass is 35.5. The van der Waals surface area contributed by atoms with Crippen LogP contribution in [0.5, 0.6) is 0 Å². The maximum absolute atomic E-state index is 10.7. The van der Waals surface area contributed by atoms with Gasteiger partial charge in [-0.1, -0.05) is 18.2 Å². The zero-order valence-corrected chi connectivity index (χ0v) is 6.97. The third-order valence-corrected chi connectivity index (χ3v) is 0.965. The van der Waals surface area contributed by atoms with Crippen LogP contribution in [0.3, 0.4) is 0 Å². The van der Waals surface area contributed by atoms with Gasteiger partial charge in [0.05, 0.1) is 6.54 Å². The van der Waals surface area contributed by atoms with E-state index < -0.39 is 11.9 Å². The summed E-state index contributed by atoms with van der Waals surface area (Å²) in [5.41, 5.74) is 0. The molecule has 0 saturated heterocycles. The van der Waals surface area contributed by atoms with Crippen LogP contribution in [0, 0.1) is 0 Å². The Morgan fingerprint density at radius 2 is 2.08 bits per heavy atom. The molecule has 0 aromatic rings. The van der Waals surface area contributed by atoms with E-state index in [9.17, 15) is 9.59 Å². The summed E-state index contributed by atoms with van der Waals surface area (Å²) < 4.78 is 0. The van der Waals surface area contributed by atoms with Crippen LogP contribution in [0.25, 0.3) is 0 Å². The number of aliphatic carboxylic acids is 1. The molecule has 4 nitrogen and oxygen atoms in total. The second-order valence-corrected chi connectivity index (χ2v) is 2.44. The summed E-state index contributed by atoms with van der Waals surface area (Å²) in [6, 6.07) is 0. The first-order valence-electron chi connectivity index (χ1n) is 3.04. The van der Waals surface area contributed by atoms with E-state index in [1.54, 1.807) is 0 Å². The number of nitrogens with one attached hydrogen (secondary N) is 1. The molecule has 0 aliphatic rings. The molecule has 0 fully saturated rings. The van der Waals surface area contributed by atoms with Gasteiger partial charge in [-0.2, -0.15) is 0 Å². The van der Waals surface area contributed by atoms with Gasteiger partial charge in [-0.05, 0) is 0 Å². The number of hydrogen-bond donors (Lipinski definition) is 2. The van der Waals surface area contributed by atoms with Gasteiger partial charge in [0, 0.05) is 17.2 Å². The first-order valence-corrected chi connectivity index (χ1v) is 3.42. The van der Waals surface area contributed by atoms with Crippen molar-refractivity contribution in [3.63, 3.8) is 0 Å². The van der Waals surface area contributed by atoms with Gasteiger partial charge in [0.2, 0.25) is 5.91 Å². The van der Waals surface area contributed by atoms with E-state index in [1.807, 2.05) is 0 Å². The largest absolute Gasteiger partial charge is 0.478 e. The molecule has 0 aliphatic carbocycles. The minimum absolute atomic E-state index is 0.129. The van der Waals surface area contributed by atoms with Gasteiger partial charge in [-0.3, -0.25) is 4.79 Å². The van der Waals surface area contributed by atoms with E-state index in [2.05, 4.69) is 11.9 Å². The molecule has 0 radical (unpaired) electrons. The Hall–Kier alpha value is -1.29. The van der Waals surface area contributed by atoms with E-state index in [1.165, 1.54) is 0 Å². The van der Waals surface area contributed by atoms with Crippen LogP contribution < -0.4 is 5.32 Å². The molecule has 12 heavy (non-hydrogen) atoms. The molecule has 0 aromatic heterocycles. The Balaban J connectivity index is 3.75. The molecule has 0 spiro atoms. The van der Waals surface area contributed by atoms with Crippen molar-refractivity contribution in [2.75, 3.05) is 6.54 Å². The van der Waals surface area contributed by atoms with Crippen LogP contribution in [-0.4, -0.2) is 23.5 Å². The predicted octanol–water partition coefficient (Wildman–Crippen LogP) is 0.496. The molecule has 1 amide bonds. The lowest BCUT2D eigenvalue weighted by atomic mass is 10.4. The van der Waals surface area contributed by atoms with Gasteiger partial charge < -0.3 is 10.4 Å². The van der Waals surface area contributed by atoms with Crippen molar-refractivity contribution in [1.82, 2.24) is 5.32 Å². The molecule has 0 unspecified atom stereocenters. The summed E-state index contributed by atoms with van der Waals surface area (Å²) in [4.78, 5) is 20.6. The number of carbonyl (C=O) groups is 2. The van der Waals surface area contributed by atoms with Crippen LogP contribution >= 0.6 is 11.6 Å². The number of halogens is 1. The predicted molar refractivity (Wildman–Crippen MR) is 44.8 cm³/mol. The first-order chi connectivity index (χ1) is 5.52. The number of carbonyl (C=O) groups excluding carboxylic acids is 1. The third kappa shape index (κ3) is 6.82. The standard InChI is InChI=1S/C7H8ClNO3/c1-5(8)4-9-6(10)2-3-7(11)12/h2-3H,1,4H2,(H,9,10)(H,11,12)/b3-2+. The molecule has 0 aliphatic heterocycles. The monoisotopic (exact) mass is 189 g/mol. The van der Waals surface area contributed by atoms with Gasteiger partial charge in [-0.15, -0.1) is 0 Å². The minimum atomic E-state index is -1.17. The number of hydrogen-bond acceptors (Lipinski definition) is 2. The highest BCUT2D eigenvalue weighted by molar-refractivity contribution is 6.29. The van der Waals surface area contributed by atoms with E-state index in [4.69, 9.17) is 16.7 Å². The molecule has 2 N–H and O–H groups in total. The molecule has 0 heterocycles. The maximum atomic E-state index is 10.7. The van der Waals surface area contributed by atoms with Crippen molar-refractivity contribution in [3.05, 3.63) is 23.8 Å². The zero-order chi connectivity index (χ0) is 9.56. The summed E-state index contributed by atoms with van der Waals surface area (Å²) in [5.74, 6) is -1.69. The van der Waals surface area contributed by atoms with Gasteiger partial charge in [0.25, 0.3) is 0 Å². The minimum Gasteiger partial charge on any atom is -0.478 e. The lowest BCUT2D eigenvalue weighted by Crippen LogP contribution is -2.22. The summed E-state index contributed by atoms with van der Waals surface area (Å²) in [6.07, 6.45) is 1.65. The Morgan fingerprint density at radius 1 is 1.50 bits per heavy atom. The van der Waals surface area contributed by atoms with Crippen molar-refractivity contribution >= 4 is 23.5 Å². The summed E-state index contributed by atoms with van der Waals surface area (Å²) in [7, 11) is 0. The quantitative estimate of drug-likeness (QED) is 0.633. The van der Waals surface area contributed by atoms with Gasteiger partial charge in [-0.25, -0.2) is 4.79 Å². The zero-order valence-electron chi connectivity index (χ0n) is 6.21. The molecule has 0 rings (SSSR count). The molecule has 0 bridgehead atoms. The highest BCUT2D eigenvalue weighted by Crippen LogP contribution is 1.91. The lowest BCUT2D eigenvalue weighted by molar-refractivity contribution is -0.131. The van der Waals surface area contributed by atoms with Crippen molar-refractivity contribution < 1.29 is 14.7 Å². The maximum Gasteiger partial charge on any atom is 0.328 e. The fourth-order valence-electron chi connectivity index (χ4n) is 0.389. The number of amides is 1. The molecular weight excluding hydrogens is 182 g/mol. The molecule has 0 atom stereocenters. The molecule has 0 aromatic carbocycles. The van der Waals surface area contributed by atoms with E-state index in [0.29, 0.717) is 0 Å². The van der Waals surface area contributed by atoms with Crippen LogP contribution in [0.2, 0.25) is 0 Å². The fourth-order valence-corrected chi connectivity index (χ4v) is 0.456. The average Bonchev–Trinajstić information content (AvgIpc) is 1.96. The molecule has 5 heteroatoms. The second kappa shape index (κ2) is 5.37. The normalized spacial score (nSPS) is 9.75. The Morgan fingerprint density at radius 3 is 2.50 bits per heavy atom. The number of carboxylic acids is 1. The van der Waals surface area contributed by atoms with Gasteiger partial charge in [0.15, 0.2) is 0 Å². The van der Waals surface area contributed by atoms with Crippen LogP contribution in [0.15, 0.2) is 23.8 Å². The highest BCUT2D eigenvalue weighted by Gasteiger charge is 1.95. The Bertz CT molecular complexity index is 235. The smallest absolute Gasteiger partial charge is 0.328 e. The van der Waals surface area contributed by atoms with Gasteiger partial charge >= 0.3 is 5.97 Å². The van der Waals surface area contributed by atoms with Crippen molar-refractivity contribution in [1.29, 1.82) is 0 Å².